The fourth-order valence-electron chi connectivity index (χ4n) is 2.92. The predicted octanol–water partition coefficient (Wildman–Crippen LogP) is 3.83. The molecule has 3 rings (SSSR count). The average molecular weight is 329 g/mol. The molecule has 0 radical (unpaired) electrons. The Morgan fingerprint density at radius 1 is 1.04 bits per heavy atom. The van der Waals surface area contributed by atoms with Gasteiger partial charge in [0.25, 0.3) is 0 Å². The summed E-state index contributed by atoms with van der Waals surface area (Å²) in [6.45, 7) is 3.67. The van der Waals surface area contributed by atoms with Gasteiger partial charge in [0.15, 0.2) is 0 Å². The van der Waals surface area contributed by atoms with Gasteiger partial charge in [-0.15, -0.1) is 0 Å². The van der Waals surface area contributed by atoms with E-state index >= 15 is 0 Å². The molecule has 1 aliphatic heterocycles. The Balaban J connectivity index is 1.52. The van der Waals surface area contributed by atoms with Gasteiger partial charge in [-0.3, -0.25) is 4.90 Å². The van der Waals surface area contributed by atoms with Gasteiger partial charge in [0.05, 0.1) is 0 Å². The third-order valence-corrected chi connectivity index (χ3v) is 4.20. The van der Waals surface area contributed by atoms with Gasteiger partial charge in [-0.05, 0) is 29.7 Å². The summed E-state index contributed by atoms with van der Waals surface area (Å²) in [5.41, 5.74) is 1.99. The molecule has 1 fully saturated rings. The van der Waals surface area contributed by atoms with E-state index in [4.69, 9.17) is 9.47 Å². The molecule has 4 heteroatoms. The first kappa shape index (κ1) is 16.9. The van der Waals surface area contributed by atoms with E-state index in [1.54, 1.807) is 12.1 Å². The number of benzene rings is 2. The van der Waals surface area contributed by atoms with E-state index in [0.29, 0.717) is 12.2 Å². The van der Waals surface area contributed by atoms with Crippen LogP contribution < -0.4 is 4.74 Å². The number of alkyl halides is 1. The Morgan fingerprint density at radius 2 is 1.83 bits per heavy atom. The highest BCUT2D eigenvalue weighted by Crippen LogP contribution is 2.15. The molecule has 1 aliphatic rings. The summed E-state index contributed by atoms with van der Waals surface area (Å²) in [5, 5.41) is 0. The number of hydrogen-bond acceptors (Lipinski definition) is 3. The number of ether oxygens (including phenoxy) is 2. The first-order valence-corrected chi connectivity index (χ1v) is 8.49. The highest BCUT2D eigenvalue weighted by atomic mass is 19.1. The smallest absolute Gasteiger partial charge is 0.119 e. The largest absolute Gasteiger partial charge is 0.491 e. The van der Waals surface area contributed by atoms with Gasteiger partial charge in [0.1, 0.15) is 25.1 Å². The Bertz CT molecular complexity index is 603. The van der Waals surface area contributed by atoms with E-state index in [9.17, 15) is 4.39 Å². The molecule has 1 heterocycles. The molecular formula is C20H24FNO2. The summed E-state index contributed by atoms with van der Waals surface area (Å²) in [6, 6.07) is 17.6. The average Bonchev–Trinajstić information content (AvgIpc) is 2.86. The fraction of sp³-hybridized carbons (Fsp3) is 0.400. The molecule has 3 nitrogen and oxygen atoms in total. The minimum atomic E-state index is -0.444. The maximum Gasteiger partial charge on any atom is 0.119 e. The second kappa shape index (κ2) is 8.81. The highest BCUT2D eigenvalue weighted by molar-refractivity contribution is 5.26. The second-order valence-corrected chi connectivity index (χ2v) is 6.16. The van der Waals surface area contributed by atoms with Crippen molar-refractivity contribution in [2.75, 3.05) is 26.3 Å². The van der Waals surface area contributed by atoms with Crippen molar-refractivity contribution in [3.8, 4) is 5.75 Å². The fourth-order valence-corrected chi connectivity index (χ4v) is 2.92. The molecule has 0 N–H and O–H groups in total. The van der Waals surface area contributed by atoms with Gasteiger partial charge in [0.2, 0.25) is 0 Å². The van der Waals surface area contributed by atoms with E-state index in [2.05, 4.69) is 29.2 Å². The van der Waals surface area contributed by atoms with Crippen LogP contribution in [0.3, 0.4) is 0 Å². The third-order valence-electron chi connectivity index (χ3n) is 4.20. The molecule has 128 valence electrons. The molecule has 0 aromatic heterocycles. The van der Waals surface area contributed by atoms with Gasteiger partial charge >= 0.3 is 0 Å². The van der Waals surface area contributed by atoms with Gasteiger partial charge in [-0.1, -0.05) is 42.5 Å². The van der Waals surface area contributed by atoms with Crippen LogP contribution in [-0.4, -0.2) is 37.3 Å². The zero-order valence-electron chi connectivity index (χ0n) is 13.9. The van der Waals surface area contributed by atoms with Crippen LogP contribution in [0.15, 0.2) is 54.6 Å². The van der Waals surface area contributed by atoms with Crippen LogP contribution in [-0.2, 0) is 18.0 Å². The van der Waals surface area contributed by atoms with Crippen LogP contribution in [0.25, 0.3) is 0 Å². The monoisotopic (exact) mass is 329 g/mol. The number of rotatable bonds is 6. The van der Waals surface area contributed by atoms with E-state index in [1.807, 2.05) is 18.2 Å². The Kier molecular flexibility index (Phi) is 6.21. The normalized spacial score (nSPS) is 19.0. The van der Waals surface area contributed by atoms with Crippen LogP contribution in [0.5, 0.6) is 5.75 Å². The summed E-state index contributed by atoms with van der Waals surface area (Å²) in [6.07, 6.45) is 1.09. The van der Waals surface area contributed by atoms with Crippen molar-refractivity contribution >= 4 is 0 Å². The first-order valence-electron chi connectivity index (χ1n) is 8.49. The number of halogens is 1. The molecule has 2 aromatic carbocycles. The van der Waals surface area contributed by atoms with Crippen molar-refractivity contribution in [3.63, 3.8) is 0 Å². The third kappa shape index (κ3) is 5.05. The molecule has 24 heavy (non-hydrogen) atoms. The Morgan fingerprint density at radius 3 is 2.58 bits per heavy atom. The van der Waals surface area contributed by atoms with Gasteiger partial charge in [-0.2, -0.15) is 0 Å². The summed E-state index contributed by atoms with van der Waals surface area (Å²) in [7, 11) is 0. The molecule has 1 saturated heterocycles. The van der Waals surface area contributed by atoms with Crippen molar-refractivity contribution in [3.05, 3.63) is 65.7 Å². The molecule has 0 aliphatic carbocycles. The molecule has 0 amide bonds. The lowest BCUT2D eigenvalue weighted by Crippen LogP contribution is -2.34. The lowest BCUT2D eigenvalue weighted by Gasteiger charge is -2.24. The Labute approximate surface area is 143 Å². The summed E-state index contributed by atoms with van der Waals surface area (Å²) < 4.78 is 24.3. The summed E-state index contributed by atoms with van der Waals surface area (Å²) >= 11 is 0. The van der Waals surface area contributed by atoms with Crippen LogP contribution >= 0.6 is 0 Å². The summed E-state index contributed by atoms with van der Waals surface area (Å²) in [5.74, 6) is 0.759. The van der Waals surface area contributed by atoms with Crippen LogP contribution in [0.1, 0.15) is 17.5 Å². The van der Waals surface area contributed by atoms with Crippen LogP contribution in [0, 0.1) is 0 Å². The maximum atomic E-state index is 12.5. The van der Waals surface area contributed by atoms with Gasteiger partial charge in [-0.25, -0.2) is 4.39 Å². The molecule has 0 spiro atoms. The SMILES string of the molecule is FCc1ccc(OCC2CN(Cc3ccccc3)CCCO2)cc1. The maximum absolute atomic E-state index is 12.5. The minimum Gasteiger partial charge on any atom is -0.491 e. The highest BCUT2D eigenvalue weighted by Gasteiger charge is 2.19. The van der Waals surface area contributed by atoms with Crippen LogP contribution in [0.2, 0.25) is 0 Å². The molecular weight excluding hydrogens is 305 g/mol. The van der Waals surface area contributed by atoms with Crippen molar-refractivity contribution < 1.29 is 13.9 Å². The topological polar surface area (TPSA) is 21.7 Å². The van der Waals surface area contributed by atoms with Gasteiger partial charge in [0, 0.05) is 26.2 Å². The zero-order chi connectivity index (χ0) is 16.6. The van der Waals surface area contributed by atoms with Gasteiger partial charge < -0.3 is 9.47 Å². The van der Waals surface area contributed by atoms with Crippen molar-refractivity contribution in [1.82, 2.24) is 4.90 Å². The summed E-state index contributed by atoms with van der Waals surface area (Å²) in [4.78, 5) is 2.42. The predicted molar refractivity (Wildman–Crippen MR) is 92.8 cm³/mol. The molecule has 1 atom stereocenters. The first-order chi connectivity index (χ1) is 11.8. The standard InChI is InChI=1S/C20H24FNO2/c21-13-17-7-9-19(10-8-17)24-16-20-15-22(11-4-12-23-20)14-18-5-2-1-3-6-18/h1-3,5-10,20H,4,11-16H2. The lowest BCUT2D eigenvalue weighted by atomic mass is 10.2. The molecule has 2 aromatic rings. The Hall–Kier alpha value is -1.91. The van der Waals surface area contributed by atoms with Crippen LogP contribution in [0.4, 0.5) is 4.39 Å². The zero-order valence-corrected chi connectivity index (χ0v) is 13.9. The minimum absolute atomic E-state index is 0.0528. The quantitative estimate of drug-likeness (QED) is 0.804. The van der Waals surface area contributed by atoms with E-state index < -0.39 is 6.67 Å². The number of hydrogen-bond donors (Lipinski definition) is 0. The van der Waals surface area contributed by atoms with E-state index in [1.165, 1.54) is 5.56 Å². The lowest BCUT2D eigenvalue weighted by molar-refractivity contribution is 0.0201. The molecule has 1 unspecified atom stereocenters. The van der Waals surface area contributed by atoms with Crippen molar-refractivity contribution in [2.45, 2.75) is 25.7 Å². The molecule has 0 bridgehead atoms. The van der Waals surface area contributed by atoms with E-state index in [-0.39, 0.29) is 6.10 Å². The van der Waals surface area contributed by atoms with E-state index in [0.717, 1.165) is 38.4 Å². The van der Waals surface area contributed by atoms with Crippen molar-refractivity contribution in [2.24, 2.45) is 0 Å². The molecule has 0 saturated carbocycles. The second-order valence-electron chi connectivity index (χ2n) is 6.16. The number of nitrogens with zero attached hydrogens (tertiary/aromatic N) is 1. The van der Waals surface area contributed by atoms with Crippen molar-refractivity contribution in [1.29, 1.82) is 0 Å².